The highest BCUT2D eigenvalue weighted by Crippen LogP contribution is 2.43. The van der Waals surface area contributed by atoms with Gasteiger partial charge in [-0.1, -0.05) is 6.92 Å². The SMILES string of the molecule is CC1Sc2cc(F)c(F)cc2C1N. The second kappa shape index (κ2) is 2.96. The van der Waals surface area contributed by atoms with Gasteiger partial charge in [-0.2, -0.15) is 0 Å². The third-order valence-corrected chi connectivity index (χ3v) is 3.50. The second-order valence-corrected chi connectivity index (χ2v) is 4.57. The third-order valence-electron chi connectivity index (χ3n) is 2.23. The lowest BCUT2D eigenvalue weighted by Gasteiger charge is -2.07. The molecule has 0 fully saturated rings. The number of nitrogens with two attached hydrogens (primary N) is 1. The van der Waals surface area contributed by atoms with E-state index < -0.39 is 11.6 Å². The number of rotatable bonds is 0. The zero-order chi connectivity index (χ0) is 9.59. The molecule has 1 heterocycles. The summed E-state index contributed by atoms with van der Waals surface area (Å²) in [5.74, 6) is -1.61. The van der Waals surface area contributed by atoms with E-state index in [1.54, 1.807) is 0 Å². The van der Waals surface area contributed by atoms with Crippen LogP contribution in [0.4, 0.5) is 8.78 Å². The molecule has 70 valence electrons. The van der Waals surface area contributed by atoms with Crippen molar-refractivity contribution in [3.8, 4) is 0 Å². The smallest absolute Gasteiger partial charge is 0.159 e. The quantitative estimate of drug-likeness (QED) is 0.697. The van der Waals surface area contributed by atoms with Crippen molar-refractivity contribution in [2.45, 2.75) is 23.1 Å². The third kappa shape index (κ3) is 1.34. The first-order valence-electron chi connectivity index (χ1n) is 4.01. The van der Waals surface area contributed by atoms with Gasteiger partial charge in [0.1, 0.15) is 0 Å². The average Bonchev–Trinajstić information content (AvgIpc) is 2.32. The molecular weight excluding hydrogens is 192 g/mol. The Hall–Kier alpha value is -0.610. The van der Waals surface area contributed by atoms with E-state index in [0.717, 1.165) is 10.5 Å². The summed E-state index contributed by atoms with van der Waals surface area (Å²) in [6.45, 7) is 1.95. The Morgan fingerprint density at radius 2 is 1.92 bits per heavy atom. The Labute approximate surface area is 79.3 Å². The van der Waals surface area contributed by atoms with Crippen molar-refractivity contribution in [3.05, 3.63) is 29.3 Å². The van der Waals surface area contributed by atoms with Crippen molar-refractivity contribution >= 4 is 11.8 Å². The summed E-state index contributed by atoms with van der Waals surface area (Å²) in [6.07, 6.45) is 0. The van der Waals surface area contributed by atoms with E-state index in [4.69, 9.17) is 5.73 Å². The maximum Gasteiger partial charge on any atom is 0.159 e. The van der Waals surface area contributed by atoms with E-state index in [2.05, 4.69) is 0 Å². The van der Waals surface area contributed by atoms with Gasteiger partial charge in [-0.25, -0.2) is 8.78 Å². The van der Waals surface area contributed by atoms with Crippen LogP contribution in [0.3, 0.4) is 0 Å². The minimum Gasteiger partial charge on any atom is -0.323 e. The van der Waals surface area contributed by atoms with Crippen molar-refractivity contribution in [1.29, 1.82) is 0 Å². The largest absolute Gasteiger partial charge is 0.323 e. The van der Waals surface area contributed by atoms with Crippen LogP contribution in [0.15, 0.2) is 17.0 Å². The first-order valence-corrected chi connectivity index (χ1v) is 4.88. The van der Waals surface area contributed by atoms with Gasteiger partial charge in [-0.3, -0.25) is 0 Å². The maximum absolute atomic E-state index is 12.8. The van der Waals surface area contributed by atoms with Crippen LogP contribution in [0.2, 0.25) is 0 Å². The van der Waals surface area contributed by atoms with Gasteiger partial charge in [0.05, 0.1) is 0 Å². The van der Waals surface area contributed by atoms with Crippen molar-refractivity contribution in [2.24, 2.45) is 5.73 Å². The van der Waals surface area contributed by atoms with E-state index >= 15 is 0 Å². The molecule has 0 aliphatic carbocycles. The van der Waals surface area contributed by atoms with Gasteiger partial charge in [0, 0.05) is 16.2 Å². The van der Waals surface area contributed by atoms with Crippen LogP contribution in [0.1, 0.15) is 18.5 Å². The summed E-state index contributed by atoms with van der Waals surface area (Å²) in [6, 6.07) is 2.24. The minimum atomic E-state index is -0.816. The van der Waals surface area contributed by atoms with Crippen molar-refractivity contribution in [1.82, 2.24) is 0 Å². The fraction of sp³-hybridized carbons (Fsp3) is 0.333. The van der Waals surface area contributed by atoms with Crippen LogP contribution >= 0.6 is 11.8 Å². The predicted molar refractivity (Wildman–Crippen MR) is 48.6 cm³/mol. The van der Waals surface area contributed by atoms with Gasteiger partial charge in [0.2, 0.25) is 0 Å². The van der Waals surface area contributed by atoms with Crippen molar-refractivity contribution < 1.29 is 8.78 Å². The topological polar surface area (TPSA) is 26.0 Å². The molecule has 2 N–H and O–H groups in total. The van der Waals surface area contributed by atoms with Gasteiger partial charge < -0.3 is 5.73 Å². The highest BCUT2D eigenvalue weighted by molar-refractivity contribution is 8.00. The summed E-state index contributed by atoms with van der Waals surface area (Å²) in [4.78, 5) is 0.763. The molecule has 4 heteroatoms. The Morgan fingerprint density at radius 1 is 1.31 bits per heavy atom. The second-order valence-electron chi connectivity index (χ2n) is 3.15. The zero-order valence-electron chi connectivity index (χ0n) is 7.05. The van der Waals surface area contributed by atoms with Gasteiger partial charge in [-0.05, 0) is 17.7 Å². The highest BCUT2D eigenvalue weighted by atomic mass is 32.2. The van der Waals surface area contributed by atoms with Gasteiger partial charge in [0.25, 0.3) is 0 Å². The molecule has 2 atom stereocenters. The molecule has 2 rings (SSSR count). The molecular formula is C9H9F2NS. The van der Waals surface area contributed by atoms with Crippen LogP contribution in [-0.2, 0) is 0 Å². The van der Waals surface area contributed by atoms with E-state index in [0.29, 0.717) is 0 Å². The molecule has 0 amide bonds. The van der Waals surface area contributed by atoms with Crippen LogP contribution in [0, 0.1) is 11.6 Å². The summed E-state index contributed by atoms with van der Waals surface area (Å²) in [5.41, 5.74) is 6.52. The Bertz CT molecular complexity index is 354. The summed E-state index contributed by atoms with van der Waals surface area (Å²) < 4.78 is 25.6. The molecule has 1 nitrogen and oxygen atoms in total. The molecule has 2 unspecified atom stereocenters. The molecule has 1 aliphatic rings. The number of fused-ring (bicyclic) bond motifs is 1. The molecule has 13 heavy (non-hydrogen) atoms. The lowest BCUT2D eigenvalue weighted by molar-refractivity contribution is 0.502. The molecule has 0 bridgehead atoms. The van der Waals surface area contributed by atoms with Crippen LogP contribution < -0.4 is 5.73 Å². The van der Waals surface area contributed by atoms with Gasteiger partial charge >= 0.3 is 0 Å². The van der Waals surface area contributed by atoms with E-state index in [-0.39, 0.29) is 11.3 Å². The summed E-state index contributed by atoms with van der Waals surface area (Å²) in [5, 5.41) is 0.191. The highest BCUT2D eigenvalue weighted by Gasteiger charge is 2.28. The molecule has 1 aromatic rings. The normalized spacial score (nSPS) is 26.2. The molecule has 0 spiro atoms. The average molecular weight is 201 g/mol. The predicted octanol–water partition coefficient (Wildman–Crippen LogP) is 2.46. The number of hydrogen-bond donors (Lipinski definition) is 1. The standard InChI is InChI=1S/C9H9F2NS/c1-4-9(12)5-2-6(10)7(11)3-8(5)13-4/h2-4,9H,12H2,1H3. The van der Waals surface area contributed by atoms with Gasteiger partial charge in [0.15, 0.2) is 11.6 Å². The Morgan fingerprint density at radius 3 is 2.62 bits per heavy atom. The fourth-order valence-corrected chi connectivity index (χ4v) is 2.63. The Kier molecular flexibility index (Phi) is 2.04. The molecule has 0 saturated carbocycles. The van der Waals surface area contributed by atoms with Crippen molar-refractivity contribution in [2.75, 3.05) is 0 Å². The number of hydrogen-bond acceptors (Lipinski definition) is 2. The number of thioether (sulfide) groups is 1. The van der Waals surface area contributed by atoms with Crippen molar-refractivity contribution in [3.63, 3.8) is 0 Å². The van der Waals surface area contributed by atoms with Crippen LogP contribution in [-0.4, -0.2) is 5.25 Å². The van der Waals surface area contributed by atoms with E-state index in [1.165, 1.54) is 23.9 Å². The van der Waals surface area contributed by atoms with E-state index in [1.807, 2.05) is 6.92 Å². The first-order chi connectivity index (χ1) is 6.09. The number of benzene rings is 1. The fourth-order valence-electron chi connectivity index (χ4n) is 1.43. The molecule has 0 radical (unpaired) electrons. The lowest BCUT2D eigenvalue weighted by Crippen LogP contribution is -2.16. The molecule has 0 aromatic heterocycles. The zero-order valence-corrected chi connectivity index (χ0v) is 7.87. The van der Waals surface area contributed by atoms with Gasteiger partial charge in [-0.15, -0.1) is 11.8 Å². The monoisotopic (exact) mass is 201 g/mol. The summed E-state index contributed by atoms with van der Waals surface area (Å²) in [7, 11) is 0. The lowest BCUT2D eigenvalue weighted by atomic mass is 10.1. The van der Waals surface area contributed by atoms with Crippen LogP contribution in [0.25, 0.3) is 0 Å². The molecule has 1 aliphatic heterocycles. The van der Waals surface area contributed by atoms with Crippen LogP contribution in [0.5, 0.6) is 0 Å². The number of halogens is 2. The minimum absolute atomic E-state index is 0.185. The molecule has 1 aromatic carbocycles. The molecule has 0 saturated heterocycles. The summed E-state index contributed by atoms with van der Waals surface area (Å²) >= 11 is 1.49. The maximum atomic E-state index is 12.8. The first kappa shape index (κ1) is 8.97. The Balaban J connectivity index is 2.53. The van der Waals surface area contributed by atoms with E-state index in [9.17, 15) is 8.78 Å².